The minimum absolute atomic E-state index is 0.0416. The van der Waals surface area contributed by atoms with Gasteiger partial charge in [-0.15, -0.1) is 5.10 Å². The first-order valence-corrected chi connectivity index (χ1v) is 4.74. The molecule has 1 heterocycles. The van der Waals surface area contributed by atoms with E-state index < -0.39 is 11.3 Å². The predicted octanol–water partition coefficient (Wildman–Crippen LogP) is -0.101. The number of hydrogen-bond donors (Lipinski definition) is 2. The molecular weight excluding hydrogens is 210 g/mol. The number of nitrogens with two attached hydrogens (primary N) is 1. The van der Waals surface area contributed by atoms with Crippen LogP contribution in [0.5, 0.6) is 0 Å². The van der Waals surface area contributed by atoms with E-state index in [4.69, 9.17) is 5.73 Å². The molecule has 0 spiro atoms. The lowest BCUT2D eigenvalue weighted by molar-refractivity contribution is -0.123. The van der Waals surface area contributed by atoms with E-state index in [-0.39, 0.29) is 17.4 Å². The molecule has 1 rings (SSSR count). The van der Waals surface area contributed by atoms with Gasteiger partial charge in [0, 0.05) is 12.5 Å². The van der Waals surface area contributed by atoms with E-state index >= 15 is 0 Å². The number of primary amides is 1. The van der Waals surface area contributed by atoms with Crippen LogP contribution in [-0.4, -0.2) is 26.8 Å². The van der Waals surface area contributed by atoms with Crippen molar-refractivity contribution >= 4 is 17.6 Å². The summed E-state index contributed by atoms with van der Waals surface area (Å²) in [7, 11) is 1.57. The van der Waals surface area contributed by atoms with E-state index in [1.165, 1.54) is 4.68 Å². The van der Waals surface area contributed by atoms with Gasteiger partial charge in [-0.05, 0) is 0 Å². The van der Waals surface area contributed by atoms with Gasteiger partial charge in [-0.1, -0.05) is 26.0 Å². The lowest BCUT2D eigenvalue weighted by atomic mass is 9.96. The second-order valence-electron chi connectivity index (χ2n) is 4.48. The molecule has 3 N–H and O–H groups in total. The summed E-state index contributed by atoms with van der Waals surface area (Å²) in [4.78, 5) is 22.7. The highest BCUT2D eigenvalue weighted by Crippen LogP contribution is 2.18. The highest BCUT2D eigenvalue weighted by molar-refractivity contribution is 6.01. The normalized spacial score (nSPS) is 11.2. The molecule has 2 amide bonds. The molecule has 1 aromatic heterocycles. The van der Waals surface area contributed by atoms with Crippen molar-refractivity contribution < 1.29 is 9.59 Å². The zero-order valence-electron chi connectivity index (χ0n) is 9.74. The molecule has 0 atom stereocenters. The van der Waals surface area contributed by atoms with Crippen molar-refractivity contribution in [3.63, 3.8) is 0 Å². The topological polar surface area (TPSA) is 103 Å². The average molecular weight is 225 g/mol. The summed E-state index contributed by atoms with van der Waals surface area (Å²) in [5.41, 5.74) is 4.49. The smallest absolute Gasteiger partial charge is 0.273 e. The highest BCUT2D eigenvalue weighted by atomic mass is 16.2. The van der Waals surface area contributed by atoms with Gasteiger partial charge >= 0.3 is 0 Å². The third-order valence-electron chi connectivity index (χ3n) is 1.97. The van der Waals surface area contributed by atoms with E-state index in [2.05, 4.69) is 15.6 Å². The number of aromatic nitrogens is 3. The van der Waals surface area contributed by atoms with Crippen LogP contribution >= 0.6 is 0 Å². The zero-order chi connectivity index (χ0) is 12.5. The average Bonchev–Trinajstić information content (AvgIpc) is 2.46. The largest absolute Gasteiger partial charge is 0.364 e. The van der Waals surface area contributed by atoms with Crippen LogP contribution < -0.4 is 11.1 Å². The van der Waals surface area contributed by atoms with Crippen LogP contribution in [0.15, 0.2) is 0 Å². The molecule has 0 fully saturated rings. The number of anilines is 1. The third kappa shape index (κ3) is 2.36. The summed E-state index contributed by atoms with van der Waals surface area (Å²) in [5, 5.41) is 9.78. The number of nitrogens with zero attached hydrogens (tertiary/aromatic N) is 3. The van der Waals surface area contributed by atoms with E-state index in [1.807, 2.05) is 0 Å². The molecule has 0 unspecified atom stereocenters. The van der Waals surface area contributed by atoms with E-state index in [1.54, 1.807) is 27.8 Å². The van der Waals surface area contributed by atoms with Crippen LogP contribution in [0.2, 0.25) is 0 Å². The first-order chi connectivity index (χ1) is 7.23. The number of amides is 2. The number of hydrogen-bond acceptors (Lipinski definition) is 4. The van der Waals surface area contributed by atoms with Gasteiger partial charge in [-0.25, -0.2) is 4.68 Å². The Kier molecular flexibility index (Phi) is 2.97. The second kappa shape index (κ2) is 3.92. The molecule has 0 saturated heterocycles. The zero-order valence-corrected chi connectivity index (χ0v) is 9.74. The summed E-state index contributed by atoms with van der Waals surface area (Å²) in [5.74, 6) is -0.745. The third-order valence-corrected chi connectivity index (χ3v) is 1.97. The minimum Gasteiger partial charge on any atom is -0.364 e. The van der Waals surface area contributed by atoms with Gasteiger partial charge in [-0.3, -0.25) is 9.59 Å². The maximum atomic E-state index is 11.7. The Morgan fingerprint density at radius 2 is 1.94 bits per heavy atom. The summed E-state index contributed by atoms with van der Waals surface area (Å²) < 4.78 is 1.30. The molecule has 0 aliphatic heterocycles. The molecular formula is C9H15N5O2. The molecule has 0 aromatic carbocycles. The van der Waals surface area contributed by atoms with Gasteiger partial charge < -0.3 is 11.1 Å². The fraction of sp³-hybridized carbons (Fsp3) is 0.556. The van der Waals surface area contributed by atoms with Gasteiger partial charge in [0.1, 0.15) is 0 Å². The Morgan fingerprint density at radius 3 is 2.38 bits per heavy atom. The molecule has 88 valence electrons. The van der Waals surface area contributed by atoms with Crippen LogP contribution in [-0.2, 0) is 11.8 Å². The quantitative estimate of drug-likeness (QED) is 0.733. The van der Waals surface area contributed by atoms with Crippen molar-refractivity contribution in [2.75, 3.05) is 5.32 Å². The minimum atomic E-state index is -0.725. The van der Waals surface area contributed by atoms with Crippen molar-refractivity contribution in [3.8, 4) is 0 Å². The van der Waals surface area contributed by atoms with Gasteiger partial charge in [0.05, 0.1) is 0 Å². The first-order valence-electron chi connectivity index (χ1n) is 4.74. The lowest BCUT2D eigenvalue weighted by Gasteiger charge is -2.17. The molecule has 0 radical (unpaired) electrons. The van der Waals surface area contributed by atoms with Crippen molar-refractivity contribution in [2.24, 2.45) is 18.2 Å². The predicted molar refractivity (Wildman–Crippen MR) is 57.6 cm³/mol. The Labute approximate surface area is 93.0 Å². The van der Waals surface area contributed by atoms with E-state index in [9.17, 15) is 9.59 Å². The molecule has 0 saturated carbocycles. The molecule has 7 nitrogen and oxygen atoms in total. The molecule has 0 aliphatic carbocycles. The summed E-state index contributed by atoms with van der Waals surface area (Å²) in [6.45, 7) is 5.28. The van der Waals surface area contributed by atoms with Crippen molar-refractivity contribution in [1.29, 1.82) is 0 Å². The molecule has 16 heavy (non-hydrogen) atoms. The van der Waals surface area contributed by atoms with Crippen LogP contribution in [0.1, 0.15) is 31.3 Å². The van der Waals surface area contributed by atoms with Crippen molar-refractivity contribution in [1.82, 2.24) is 15.0 Å². The number of carbonyl (C=O) groups is 2. The highest BCUT2D eigenvalue weighted by Gasteiger charge is 2.25. The summed E-state index contributed by atoms with van der Waals surface area (Å²) in [6.07, 6.45) is 0. The second-order valence-corrected chi connectivity index (χ2v) is 4.48. The SMILES string of the molecule is Cn1nnc(C(N)=O)c1NC(=O)C(C)(C)C. The monoisotopic (exact) mass is 225 g/mol. The lowest BCUT2D eigenvalue weighted by Crippen LogP contribution is -2.29. The van der Waals surface area contributed by atoms with Crippen LogP contribution in [0.3, 0.4) is 0 Å². The fourth-order valence-electron chi connectivity index (χ4n) is 0.958. The molecule has 0 bridgehead atoms. The maximum absolute atomic E-state index is 11.7. The molecule has 7 heteroatoms. The fourth-order valence-corrected chi connectivity index (χ4v) is 0.958. The Morgan fingerprint density at radius 1 is 1.38 bits per heavy atom. The molecule has 0 aliphatic rings. The summed E-state index contributed by atoms with van der Waals surface area (Å²) in [6, 6.07) is 0. The number of rotatable bonds is 2. The van der Waals surface area contributed by atoms with Crippen LogP contribution in [0.4, 0.5) is 5.82 Å². The van der Waals surface area contributed by atoms with Crippen molar-refractivity contribution in [2.45, 2.75) is 20.8 Å². The molecule has 1 aromatic rings. The Hall–Kier alpha value is -1.92. The van der Waals surface area contributed by atoms with Gasteiger partial charge in [0.15, 0.2) is 11.5 Å². The summed E-state index contributed by atoms with van der Waals surface area (Å²) >= 11 is 0. The number of nitrogens with one attached hydrogen (secondary N) is 1. The van der Waals surface area contributed by atoms with Crippen LogP contribution in [0.25, 0.3) is 0 Å². The van der Waals surface area contributed by atoms with Crippen molar-refractivity contribution in [3.05, 3.63) is 5.69 Å². The number of carbonyl (C=O) groups excluding carboxylic acids is 2. The van der Waals surface area contributed by atoms with Gasteiger partial charge in [0.2, 0.25) is 5.91 Å². The van der Waals surface area contributed by atoms with E-state index in [0.717, 1.165) is 0 Å². The van der Waals surface area contributed by atoms with E-state index in [0.29, 0.717) is 0 Å². The van der Waals surface area contributed by atoms with Gasteiger partial charge in [0.25, 0.3) is 5.91 Å². The van der Waals surface area contributed by atoms with Gasteiger partial charge in [-0.2, -0.15) is 0 Å². The number of aryl methyl sites for hydroxylation is 1. The van der Waals surface area contributed by atoms with Crippen LogP contribution in [0, 0.1) is 5.41 Å². The Balaban J connectivity index is 3.02. The first kappa shape index (κ1) is 12.2. The standard InChI is InChI=1S/C9H15N5O2/c1-9(2,3)8(16)11-7-5(6(10)15)12-13-14(7)4/h1-4H3,(H2,10,15)(H,11,16). The maximum Gasteiger partial charge on any atom is 0.273 e. The Bertz CT molecular complexity index is 430.